The van der Waals surface area contributed by atoms with Crippen LogP contribution in [0.15, 0.2) is 47.3 Å². The summed E-state index contributed by atoms with van der Waals surface area (Å²) in [5.74, 6) is 5.81. The van der Waals surface area contributed by atoms with Crippen molar-refractivity contribution < 1.29 is 4.79 Å². The van der Waals surface area contributed by atoms with Gasteiger partial charge >= 0.3 is 0 Å². The van der Waals surface area contributed by atoms with Crippen molar-refractivity contribution in [2.45, 2.75) is 33.2 Å². The van der Waals surface area contributed by atoms with E-state index in [1.807, 2.05) is 44.2 Å². The number of amides is 1. The van der Waals surface area contributed by atoms with E-state index in [0.29, 0.717) is 0 Å². The van der Waals surface area contributed by atoms with E-state index in [-0.39, 0.29) is 29.6 Å². The maximum absolute atomic E-state index is 12.8. The molecule has 4 nitrogen and oxygen atoms in total. The topological polar surface area (TPSA) is 53.2 Å². The maximum Gasteiger partial charge on any atom is 0.260 e. The first kappa shape index (κ1) is 17.6. The van der Waals surface area contributed by atoms with Crippen LogP contribution in [-0.4, -0.2) is 28.4 Å². The largest absolute Gasteiger partial charge is 0.326 e. The fraction of sp³-hybridized carbons (Fsp3) is 0.300. The average Bonchev–Trinajstić information content (AvgIpc) is 2.58. The Morgan fingerprint density at radius 3 is 2.54 bits per heavy atom. The van der Waals surface area contributed by atoms with E-state index in [4.69, 9.17) is 0 Å². The van der Waals surface area contributed by atoms with Gasteiger partial charge in [0.05, 0.1) is 6.54 Å². The molecule has 0 saturated carbocycles. The lowest BCUT2D eigenvalue weighted by atomic mass is 10.1. The van der Waals surface area contributed by atoms with Crippen molar-refractivity contribution in [3.63, 3.8) is 0 Å². The van der Waals surface area contributed by atoms with Crippen LogP contribution in [0.1, 0.15) is 41.9 Å². The van der Waals surface area contributed by atoms with E-state index >= 15 is 0 Å². The Bertz CT molecular complexity index is 813. The molecule has 2 rings (SSSR count). The van der Waals surface area contributed by atoms with Gasteiger partial charge in [-0.1, -0.05) is 37.0 Å². The summed E-state index contributed by atoms with van der Waals surface area (Å²) in [6.45, 7) is 6.04. The summed E-state index contributed by atoms with van der Waals surface area (Å²) >= 11 is 0. The van der Waals surface area contributed by atoms with Crippen molar-refractivity contribution in [1.82, 2.24) is 9.88 Å². The Balaban J connectivity index is 2.24. The number of aromatic amines is 1. The van der Waals surface area contributed by atoms with E-state index in [1.165, 1.54) is 0 Å². The number of H-pyrrole nitrogens is 1. The molecule has 124 valence electrons. The Kier molecular flexibility index (Phi) is 5.97. The van der Waals surface area contributed by atoms with Crippen molar-refractivity contribution in [3.05, 3.63) is 69.6 Å². The number of benzene rings is 1. The number of rotatable bonds is 4. The normalized spacial score (nSPS) is 11.3. The molecule has 4 heteroatoms. The van der Waals surface area contributed by atoms with Gasteiger partial charge < -0.3 is 9.88 Å². The molecule has 1 aromatic heterocycles. The molecule has 0 aliphatic carbocycles. The van der Waals surface area contributed by atoms with Gasteiger partial charge in [0.2, 0.25) is 0 Å². The summed E-state index contributed by atoms with van der Waals surface area (Å²) in [6.07, 6.45) is 0.794. The molecular formula is C20H22N2O2. The van der Waals surface area contributed by atoms with E-state index in [2.05, 4.69) is 16.8 Å². The van der Waals surface area contributed by atoms with Crippen LogP contribution in [0.25, 0.3) is 0 Å². The number of nitrogens with zero attached hydrogens (tertiary/aromatic N) is 1. The maximum atomic E-state index is 12.8. The van der Waals surface area contributed by atoms with Crippen molar-refractivity contribution in [3.8, 4) is 11.8 Å². The standard InChI is InChI=1S/C20H22N2O2/c1-4-16(3)22(14-8-11-17-9-6-5-7-10-17)20(24)18-13-12-15(2)21-19(18)23/h5-7,9-10,12-13,16H,4,14H2,1-3H3,(H,21,23). The first-order valence-corrected chi connectivity index (χ1v) is 8.07. The van der Waals surface area contributed by atoms with Crippen LogP contribution in [-0.2, 0) is 0 Å². The fourth-order valence-corrected chi connectivity index (χ4v) is 2.29. The molecule has 0 radical (unpaired) electrons. The van der Waals surface area contributed by atoms with Gasteiger partial charge in [0.15, 0.2) is 0 Å². The molecule has 0 saturated heterocycles. The van der Waals surface area contributed by atoms with Gasteiger partial charge in [-0.05, 0) is 44.5 Å². The van der Waals surface area contributed by atoms with Gasteiger partial charge in [-0.2, -0.15) is 0 Å². The monoisotopic (exact) mass is 322 g/mol. The second kappa shape index (κ2) is 8.16. The zero-order chi connectivity index (χ0) is 17.5. The Morgan fingerprint density at radius 2 is 1.92 bits per heavy atom. The van der Waals surface area contributed by atoms with Gasteiger partial charge in [-0.3, -0.25) is 9.59 Å². The second-order valence-corrected chi connectivity index (χ2v) is 5.74. The van der Waals surface area contributed by atoms with Crippen molar-refractivity contribution >= 4 is 5.91 Å². The lowest BCUT2D eigenvalue weighted by molar-refractivity contribution is 0.0714. The lowest BCUT2D eigenvalue weighted by Gasteiger charge is -2.26. The van der Waals surface area contributed by atoms with Crippen molar-refractivity contribution in [1.29, 1.82) is 0 Å². The van der Waals surface area contributed by atoms with Gasteiger partial charge in [0.1, 0.15) is 5.56 Å². The third-order valence-electron chi connectivity index (χ3n) is 3.93. The predicted molar refractivity (Wildman–Crippen MR) is 95.9 cm³/mol. The van der Waals surface area contributed by atoms with Gasteiger partial charge in [0.25, 0.3) is 11.5 Å². The van der Waals surface area contributed by atoms with Gasteiger partial charge in [-0.25, -0.2) is 0 Å². The zero-order valence-corrected chi connectivity index (χ0v) is 14.3. The minimum absolute atomic E-state index is 0.00303. The molecule has 0 aliphatic rings. The van der Waals surface area contributed by atoms with E-state index in [9.17, 15) is 9.59 Å². The molecule has 1 amide bonds. The zero-order valence-electron chi connectivity index (χ0n) is 14.3. The Morgan fingerprint density at radius 1 is 1.21 bits per heavy atom. The minimum atomic E-state index is -0.357. The molecular weight excluding hydrogens is 300 g/mol. The van der Waals surface area contributed by atoms with Crippen LogP contribution >= 0.6 is 0 Å². The fourth-order valence-electron chi connectivity index (χ4n) is 2.29. The SMILES string of the molecule is CCC(C)N(CC#Cc1ccccc1)C(=O)c1ccc(C)[nH]c1=O. The van der Waals surface area contributed by atoms with Crippen LogP contribution < -0.4 is 5.56 Å². The van der Waals surface area contributed by atoms with Crippen LogP contribution in [0.3, 0.4) is 0 Å². The molecule has 0 aliphatic heterocycles. The highest BCUT2D eigenvalue weighted by atomic mass is 16.2. The molecule has 0 bridgehead atoms. The molecule has 24 heavy (non-hydrogen) atoms. The van der Waals surface area contributed by atoms with Crippen molar-refractivity contribution in [2.24, 2.45) is 0 Å². The van der Waals surface area contributed by atoms with Crippen LogP contribution in [0, 0.1) is 18.8 Å². The van der Waals surface area contributed by atoms with Crippen LogP contribution in [0.5, 0.6) is 0 Å². The summed E-state index contributed by atoms with van der Waals surface area (Å²) in [5.41, 5.74) is 1.43. The number of carbonyl (C=O) groups excluding carboxylic acids is 1. The van der Waals surface area contributed by atoms with Crippen LogP contribution in [0.2, 0.25) is 0 Å². The molecule has 0 spiro atoms. The van der Waals surface area contributed by atoms with Crippen LogP contribution in [0.4, 0.5) is 0 Å². The number of carbonyl (C=O) groups is 1. The number of pyridine rings is 1. The van der Waals surface area contributed by atoms with Gasteiger partial charge in [0, 0.05) is 17.3 Å². The smallest absolute Gasteiger partial charge is 0.260 e. The Hall–Kier alpha value is -2.80. The molecule has 2 aromatic rings. The highest BCUT2D eigenvalue weighted by molar-refractivity contribution is 5.94. The number of hydrogen-bond donors (Lipinski definition) is 1. The molecule has 1 heterocycles. The van der Waals surface area contributed by atoms with Crippen molar-refractivity contribution in [2.75, 3.05) is 6.54 Å². The number of nitrogens with one attached hydrogen (secondary N) is 1. The summed E-state index contributed by atoms with van der Waals surface area (Å²) in [6, 6.07) is 12.9. The summed E-state index contributed by atoms with van der Waals surface area (Å²) in [7, 11) is 0. The highest BCUT2D eigenvalue weighted by Crippen LogP contribution is 2.08. The quantitative estimate of drug-likeness (QED) is 0.880. The van der Waals surface area contributed by atoms with E-state index < -0.39 is 0 Å². The average molecular weight is 322 g/mol. The predicted octanol–water partition coefficient (Wildman–Crippen LogP) is 2.98. The molecule has 1 unspecified atom stereocenters. The number of aromatic nitrogens is 1. The third kappa shape index (κ3) is 4.36. The summed E-state index contributed by atoms with van der Waals surface area (Å²) < 4.78 is 0. The molecule has 1 aromatic carbocycles. The number of aryl methyl sites for hydroxylation is 1. The summed E-state index contributed by atoms with van der Waals surface area (Å²) in [4.78, 5) is 29.1. The number of hydrogen-bond acceptors (Lipinski definition) is 2. The van der Waals surface area contributed by atoms with E-state index in [1.54, 1.807) is 24.0 Å². The highest BCUT2D eigenvalue weighted by Gasteiger charge is 2.21. The first-order chi connectivity index (χ1) is 11.5. The summed E-state index contributed by atoms with van der Waals surface area (Å²) in [5, 5.41) is 0. The minimum Gasteiger partial charge on any atom is -0.326 e. The molecule has 1 atom stereocenters. The second-order valence-electron chi connectivity index (χ2n) is 5.74. The Labute approximate surface area is 142 Å². The molecule has 0 fully saturated rings. The first-order valence-electron chi connectivity index (χ1n) is 8.07. The lowest BCUT2D eigenvalue weighted by Crippen LogP contribution is -2.41. The molecule has 1 N–H and O–H groups in total. The van der Waals surface area contributed by atoms with E-state index in [0.717, 1.165) is 17.7 Å². The van der Waals surface area contributed by atoms with Gasteiger partial charge in [-0.15, -0.1) is 0 Å². The third-order valence-corrected chi connectivity index (χ3v) is 3.93.